The highest BCUT2D eigenvalue weighted by molar-refractivity contribution is 5.52. The third-order valence-corrected chi connectivity index (χ3v) is 4.45. The van der Waals surface area contributed by atoms with Crippen molar-refractivity contribution in [3.05, 3.63) is 36.2 Å². The zero-order valence-electron chi connectivity index (χ0n) is 13.5. The van der Waals surface area contributed by atoms with Crippen molar-refractivity contribution in [3.63, 3.8) is 0 Å². The number of rotatable bonds is 6. The van der Waals surface area contributed by atoms with Gasteiger partial charge in [0, 0.05) is 30.4 Å². The Balaban J connectivity index is 1.44. The Labute approximate surface area is 141 Å². The van der Waals surface area contributed by atoms with Crippen LogP contribution >= 0.6 is 0 Å². The van der Waals surface area contributed by atoms with Crippen LogP contribution in [0.5, 0.6) is 0 Å². The summed E-state index contributed by atoms with van der Waals surface area (Å²) in [5.41, 5.74) is 7.12. The van der Waals surface area contributed by atoms with Crippen LogP contribution < -0.4 is 16.4 Å². The van der Waals surface area contributed by atoms with Gasteiger partial charge in [0.05, 0.1) is 19.3 Å². The SMILES string of the molecule is Nc1nc(NC2CC2)cc(N[C@@H]2COC[C@H]2Cc2ccncc2)n1. The quantitative estimate of drug-likeness (QED) is 0.743. The van der Waals surface area contributed by atoms with Crippen LogP contribution in [0, 0.1) is 5.92 Å². The molecule has 7 nitrogen and oxygen atoms in total. The first-order valence-electron chi connectivity index (χ1n) is 8.40. The molecule has 0 bridgehead atoms. The molecule has 1 aliphatic carbocycles. The second-order valence-electron chi connectivity index (χ2n) is 6.52. The van der Waals surface area contributed by atoms with Gasteiger partial charge in [0.15, 0.2) is 0 Å². The van der Waals surface area contributed by atoms with E-state index in [1.54, 1.807) is 0 Å². The zero-order valence-corrected chi connectivity index (χ0v) is 13.5. The maximum Gasteiger partial charge on any atom is 0.223 e. The molecule has 3 heterocycles. The number of anilines is 3. The molecule has 1 saturated carbocycles. The molecule has 0 radical (unpaired) electrons. The molecule has 24 heavy (non-hydrogen) atoms. The third-order valence-electron chi connectivity index (χ3n) is 4.45. The topological polar surface area (TPSA) is 98.0 Å². The molecule has 2 aromatic rings. The zero-order chi connectivity index (χ0) is 16.4. The molecule has 0 unspecified atom stereocenters. The van der Waals surface area contributed by atoms with E-state index >= 15 is 0 Å². The third kappa shape index (κ3) is 3.73. The number of aromatic nitrogens is 3. The molecule has 0 spiro atoms. The molecule has 1 saturated heterocycles. The van der Waals surface area contributed by atoms with Crippen LogP contribution in [0.1, 0.15) is 18.4 Å². The molecule has 1 aliphatic heterocycles. The lowest BCUT2D eigenvalue weighted by atomic mass is 9.95. The number of nitrogens with zero attached hydrogens (tertiary/aromatic N) is 3. The Kier molecular flexibility index (Phi) is 4.17. The van der Waals surface area contributed by atoms with Crippen LogP contribution in [0.25, 0.3) is 0 Å². The summed E-state index contributed by atoms with van der Waals surface area (Å²) in [5, 5.41) is 6.84. The molecular weight excluding hydrogens is 304 g/mol. The van der Waals surface area contributed by atoms with Crippen molar-refractivity contribution in [1.29, 1.82) is 0 Å². The van der Waals surface area contributed by atoms with E-state index in [0.717, 1.165) is 24.7 Å². The number of ether oxygens (including phenoxy) is 1. The normalized spacial score (nSPS) is 23.2. The van der Waals surface area contributed by atoms with Gasteiger partial charge in [-0.25, -0.2) is 0 Å². The highest BCUT2D eigenvalue weighted by atomic mass is 16.5. The minimum Gasteiger partial charge on any atom is -0.379 e. The van der Waals surface area contributed by atoms with Crippen LogP contribution in [-0.4, -0.2) is 40.2 Å². The smallest absolute Gasteiger partial charge is 0.223 e. The van der Waals surface area contributed by atoms with E-state index in [1.807, 2.05) is 18.5 Å². The summed E-state index contributed by atoms with van der Waals surface area (Å²) in [7, 11) is 0. The highest BCUT2D eigenvalue weighted by Gasteiger charge is 2.29. The molecule has 126 valence electrons. The molecule has 4 rings (SSSR count). The predicted molar refractivity (Wildman–Crippen MR) is 92.7 cm³/mol. The minimum atomic E-state index is 0.209. The predicted octanol–water partition coefficient (Wildman–Crippen LogP) is 1.70. The largest absolute Gasteiger partial charge is 0.379 e. The fourth-order valence-electron chi connectivity index (χ4n) is 3.02. The number of pyridine rings is 1. The first-order chi connectivity index (χ1) is 11.8. The Hall–Kier alpha value is -2.41. The van der Waals surface area contributed by atoms with Crippen molar-refractivity contribution in [1.82, 2.24) is 15.0 Å². The van der Waals surface area contributed by atoms with Crippen LogP contribution in [-0.2, 0) is 11.2 Å². The Morgan fingerprint density at radius 1 is 1.08 bits per heavy atom. The van der Waals surface area contributed by atoms with E-state index < -0.39 is 0 Å². The van der Waals surface area contributed by atoms with Gasteiger partial charge in [0.2, 0.25) is 5.95 Å². The van der Waals surface area contributed by atoms with Gasteiger partial charge in [-0.1, -0.05) is 0 Å². The fourth-order valence-corrected chi connectivity index (χ4v) is 3.02. The van der Waals surface area contributed by atoms with Gasteiger partial charge in [0.25, 0.3) is 0 Å². The van der Waals surface area contributed by atoms with Gasteiger partial charge in [-0.3, -0.25) is 4.98 Å². The van der Waals surface area contributed by atoms with E-state index in [2.05, 4.69) is 37.7 Å². The van der Waals surface area contributed by atoms with Crippen molar-refractivity contribution < 1.29 is 4.74 Å². The lowest BCUT2D eigenvalue weighted by molar-refractivity contribution is 0.185. The fraction of sp³-hybridized carbons (Fsp3) is 0.471. The number of nitrogens with one attached hydrogen (secondary N) is 2. The summed E-state index contributed by atoms with van der Waals surface area (Å²) in [5.74, 6) is 2.22. The van der Waals surface area contributed by atoms with Crippen molar-refractivity contribution >= 4 is 17.6 Å². The minimum absolute atomic E-state index is 0.209. The van der Waals surface area contributed by atoms with Crippen molar-refractivity contribution in [2.75, 3.05) is 29.6 Å². The molecule has 2 atom stereocenters. The van der Waals surface area contributed by atoms with E-state index in [4.69, 9.17) is 10.5 Å². The van der Waals surface area contributed by atoms with Gasteiger partial charge in [-0.15, -0.1) is 0 Å². The standard InChI is InChI=1S/C17H22N6O/c18-17-22-15(20-13-1-2-13)8-16(23-17)21-14-10-24-9-12(14)7-11-3-5-19-6-4-11/h3-6,8,12-14H,1-2,7,9-10H2,(H4,18,20,21,22,23)/t12-,14-/m1/s1. The van der Waals surface area contributed by atoms with Gasteiger partial charge < -0.3 is 21.1 Å². The van der Waals surface area contributed by atoms with Crippen LogP contribution in [0.15, 0.2) is 30.6 Å². The Morgan fingerprint density at radius 3 is 2.58 bits per heavy atom. The maximum atomic E-state index is 5.85. The van der Waals surface area contributed by atoms with Crippen molar-refractivity contribution in [3.8, 4) is 0 Å². The number of nitrogen functional groups attached to an aromatic ring is 1. The summed E-state index contributed by atoms with van der Waals surface area (Å²) < 4.78 is 5.68. The van der Waals surface area contributed by atoms with Crippen molar-refractivity contribution in [2.24, 2.45) is 5.92 Å². The lowest BCUT2D eigenvalue weighted by Crippen LogP contribution is -2.30. The van der Waals surface area contributed by atoms with E-state index in [1.165, 1.54) is 18.4 Å². The first-order valence-corrected chi connectivity index (χ1v) is 8.40. The van der Waals surface area contributed by atoms with Gasteiger partial charge in [-0.2, -0.15) is 9.97 Å². The molecule has 0 amide bonds. The molecule has 7 heteroatoms. The summed E-state index contributed by atoms with van der Waals surface area (Å²) in [6.45, 7) is 1.42. The summed E-state index contributed by atoms with van der Waals surface area (Å²) in [6, 6.07) is 6.77. The number of hydrogen-bond acceptors (Lipinski definition) is 7. The van der Waals surface area contributed by atoms with Gasteiger partial charge in [0.1, 0.15) is 11.6 Å². The van der Waals surface area contributed by atoms with Crippen LogP contribution in [0.4, 0.5) is 17.6 Å². The van der Waals surface area contributed by atoms with Crippen LogP contribution in [0.3, 0.4) is 0 Å². The van der Waals surface area contributed by atoms with Gasteiger partial charge in [-0.05, 0) is 37.0 Å². The lowest BCUT2D eigenvalue weighted by Gasteiger charge is -2.20. The number of hydrogen-bond donors (Lipinski definition) is 3. The Bertz CT molecular complexity index is 691. The average molecular weight is 326 g/mol. The molecule has 2 aliphatic rings. The van der Waals surface area contributed by atoms with Crippen LogP contribution in [0.2, 0.25) is 0 Å². The first kappa shape index (κ1) is 15.1. The molecule has 2 fully saturated rings. The van der Waals surface area contributed by atoms with E-state index in [9.17, 15) is 0 Å². The van der Waals surface area contributed by atoms with Gasteiger partial charge >= 0.3 is 0 Å². The molecular formula is C17H22N6O. The summed E-state index contributed by atoms with van der Waals surface area (Å²) >= 11 is 0. The second-order valence-corrected chi connectivity index (χ2v) is 6.52. The summed E-state index contributed by atoms with van der Waals surface area (Å²) in [4.78, 5) is 12.6. The molecule has 2 aromatic heterocycles. The number of nitrogens with two attached hydrogens (primary N) is 1. The molecule has 0 aromatic carbocycles. The molecule has 4 N–H and O–H groups in total. The summed E-state index contributed by atoms with van der Waals surface area (Å²) in [6.07, 6.45) is 6.99. The second kappa shape index (κ2) is 6.60. The van der Waals surface area contributed by atoms with E-state index in [-0.39, 0.29) is 12.0 Å². The highest BCUT2D eigenvalue weighted by Crippen LogP contribution is 2.26. The monoisotopic (exact) mass is 326 g/mol. The van der Waals surface area contributed by atoms with Crippen molar-refractivity contribution in [2.45, 2.75) is 31.3 Å². The van der Waals surface area contributed by atoms with E-state index in [0.29, 0.717) is 18.6 Å². The maximum absolute atomic E-state index is 5.85. The average Bonchev–Trinajstić information content (AvgIpc) is 3.28. The Morgan fingerprint density at radius 2 is 1.83 bits per heavy atom.